The molecule has 25 heavy (non-hydrogen) atoms. The summed E-state index contributed by atoms with van der Waals surface area (Å²) >= 11 is 0. The van der Waals surface area contributed by atoms with E-state index in [1.54, 1.807) is 7.11 Å². The Morgan fingerprint density at radius 2 is 1.64 bits per heavy atom. The lowest BCUT2D eigenvalue weighted by atomic mass is 9.90. The first-order valence-electron chi connectivity index (χ1n) is 9.11. The lowest BCUT2D eigenvalue weighted by Crippen LogP contribution is -2.33. The van der Waals surface area contributed by atoms with Crippen LogP contribution in [0.2, 0.25) is 0 Å². The van der Waals surface area contributed by atoms with E-state index >= 15 is 0 Å². The molecule has 130 valence electrons. The average Bonchev–Trinajstić information content (AvgIpc) is 2.68. The molecule has 3 rings (SSSR count). The van der Waals surface area contributed by atoms with Crippen molar-refractivity contribution in [2.24, 2.45) is 5.92 Å². The van der Waals surface area contributed by atoms with Crippen LogP contribution in [0.15, 0.2) is 48.5 Å². The van der Waals surface area contributed by atoms with Gasteiger partial charge in [-0.1, -0.05) is 24.3 Å². The Morgan fingerprint density at radius 3 is 2.24 bits per heavy atom. The Kier molecular flexibility index (Phi) is 6.09. The number of hydrogen-bond acceptors (Lipinski definition) is 3. The molecule has 0 aliphatic carbocycles. The molecule has 3 nitrogen and oxygen atoms in total. The highest BCUT2D eigenvalue weighted by atomic mass is 16.5. The number of benzene rings is 2. The summed E-state index contributed by atoms with van der Waals surface area (Å²) in [6, 6.07) is 18.6. The third kappa shape index (κ3) is 5.08. The minimum Gasteiger partial charge on any atom is -0.497 e. The standard InChI is InChI=1S/C22H26N2O/c1-25-22-10-8-18(9-11-22)2-3-19-12-14-24(15-13-19)17-21-6-4-20(16-23)5-7-21/h4-11,19H,2-3,12-15,17H2,1H3. The first kappa shape index (κ1) is 17.5. The molecule has 0 saturated carbocycles. The molecule has 0 aromatic heterocycles. The fourth-order valence-corrected chi connectivity index (χ4v) is 3.54. The lowest BCUT2D eigenvalue weighted by molar-refractivity contribution is 0.172. The molecule has 0 atom stereocenters. The van der Waals surface area contributed by atoms with Gasteiger partial charge in [0.05, 0.1) is 18.7 Å². The highest BCUT2D eigenvalue weighted by Crippen LogP contribution is 2.24. The van der Waals surface area contributed by atoms with Crippen LogP contribution in [0.25, 0.3) is 0 Å². The van der Waals surface area contributed by atoms with Gasteiger partial charge in [-0.3, -0.25) is 4.90 Å². The fourth-order valence-electron chi connectivity index (χ4n) is 3.54. The van der Waals surface area contributed by atoms with Crippen LogP contribution < -0.4 is 4.74 Å². The summed E-state index contributed by atoms with van der Waals surface area (Å²) < 4.78 is 5.22. The Balaban J connectivity index is 1.41. The van der Waals surface area contributed by atoms with Gasteiger partial charge >= 0.3 is 0 Å². The Hall–Kier alpha value is -2.31. The number of nitriles is 1. The molecule has 0 N–H and O–H groups in total. The smallest absolute Gasteiger partial charge is 0.118 e. The minimum absolute atomic E-state index is 0.737. The molecule has 0 radical (unpaired) electrons. The molecule has 1 aliphatic rings. The average molecular weight is 334 g/mol. The summed E-state index contributed by atoms with van der Waals surface area (Å²) in [5.74, 6) is 1.76. The molecule has 1 saturated heterocycles. The maximum Gasteiger partial charge on any atom is 0.118 e. The zero-order valence-corrected chi connectivity index (χ0v) is 14.9. The second kappa shape index (κ2) is 8.69. The zero-order chi connectivity index (χ0) is 17.5. The van der Waals surface area contributed by atoms with Crippen LogP contribution in [0.5, 0.6) is 5.75 Å². The summed E-state index contributed by atoms with van der Waals surface area (Å²) in [5.41, 5.74) is 3.44. The summed E-state index contributed by atoms with van der Waals surface area (Å²) in [4.78, 5) is 2.53. The predicted octanol–water partition coefficient (Wildman–Crippen LogP) is 4.41. The van der Waals surface area contributed by atoms with Gasteiger partial charge in [0.15, 0.2) is 0 Å². The molecule has 0 bridgehead atoms. The fraction of sp³-hybridized carbons (Fsp3) is 0.409. The van der Waals surface area contributed by atoms with Gasteiger partial charge in [-0.2, -0.15) is 5.26 Å². The number of methoxy groups -OCH3 is 1. The van der Waals surface area contributed by atoms with E-state index in [4.69, 9.17) is 10.00 Å². The summed E-state index contributed by atoms with van der Waals surface area (Å²) in [7, 11) is 1.71. The van der Waals surface area contributed by atoms with Crippen molar-refractivity contribution in [3.63, 3.8) is 0 Å². The van der Waals surface area contributed by atoms with Crippen LogP contribution in [0.3, 0.4) is 0 Å². The molecule has 0 unspecified atom stereocenters. The Bertz CT molecular complexity index is 692. The van der Waals surface area contributed by atoms with E-state index in [-0.39, 0.29) is 0 Å². The van der Waals surface area contributed by atoms with Gasteiger partial charge in [0.2, 0.25) is 0 Å². The van der Waals surface area contributed by atoms with Crippen molar-refractivity contribution in [1.29, 1.82) is 5.26 Å². The van der Waals surface area contributed by atoms with Crippen molar-refractivity contribution in [2.75, 3.05) is 20.2 Å². The molecular weight excluding hydrogens is 308 g/mol. The van der Waals surface area contributed by atoms with E-state index in [0.717, 1.165) is 30.2 Å². The zero-order valence-electron chi connectivity index (χ0n) is 14.9. The van der Waals surface area contributed by atoms with E-state index in [1.807, 2.05) is 12.1 Å². The molecule has 1 fully saturated rings. The van der Waals surface area contributed by atoms with Crippen LogP contribution in [-0.4, -0.2) is 25.1 Å². The van der Waals surface area contributed by atoms with E-state index in [0.29, 0.717) is 0 Å². The molecule has 0 amide bonds. The highest BCUT2D eigenvalue weighted by molar-refractivity contribution is 5.31. The van der Waals surface area contributed by atoms with Crippen molar-refractivity contribution in [3.05, 3.63) is 65.2 Å². The maximum absolute atomic E-state index is 8.87. The van der Waals surface area contributed by atoms with Crippen LogP contribution in [0, 0.1) is 17.2 Å². The Morgan fingerprint density at radius 1 is 1.00 bits per heavy atom. The van der Waals surface area contributed by atoms with Crippen molar-refractivity contribution in [3.8, 4) is 11.8 Å². The molecule has 3 heteroatoms. The van der Waals surface area contributed by atoms with Crippen molar-refractivity contribution < 1.29 is 4.74 Å². The second-order valence-corrected chi connectivity index (χ2v) is 6.92. The number of piperidine rings is 1. The molecular formula is C22H26N2O. The molecule has 2 aromatic carbocycles. The summed E-state index contributed by atoms with van der Waals surface area (Å²) in [6.45, 7) is 3.34. The monoisotopic (exact) mass is 334 g/mol. The number of rotatable bonds is 6. The van der Waals surface area contributed by atoms with Crippen LogP contribution in [0.1, 0.15) is 36.0 Å². The van der Waals surface area contributed by atoms with Crippen molar-refractivity contribution in [1.82, 2.24) is 4.90 Å². The summed E-state index contributed by atoms with van der Waals surface area (Å²) in [5, 5.41) is 8.87. The second-order valence-electron chi connectivity index (χ2n) is 6.92. The van der Waals surface area contributed by atoms with Crippen LogP contribution in [-0.2, 0) is 13.0 Å². The van der Waals surface area contributed by atoms with Gasteiger partial charge in [0.1, 0.15) is 5.75 Å². The third-order valence-electron chi connectivity index (χ3n) is 5.20. The highest BCUT2D eigenvalue weighted by Gasteiger charge is 2.19. The Labute approximate surface area is 150 Å². The van der Waals surface area contributed by atoms with E-state index < -0.39 is 0 Å². The summed E-state index contributed by atoms with van der Waals surface area (Å²) in [6.07, 6.45) is 5.00. The molecule has 0 spiro atoms. The molecule has 1 aliphatic heterocycles. The van der Waals surface area contributed by atoms with E-state index in [1.165, 1.54) is 43.5 Å². The number of ether oxygens (including phenoxy) is 1. The van der Waals surface area contributed by atoms with Gasteiger partial charge in [-0.05, 0) is 80.1 Å². The number of aryl methyl sites for hydroxylation is 1. The topological polar surface area (TPSA) is 36.3 Å². The number of nitrogens with zero attached hydrogens (tertiary/aromatic N) is 2. The van der Waals surface area contributed by atoms with E-state index in [2.05, 4.69) is 47.4 Å². The molecule has 1 heterocycles. The van der Waals surface area contributed by atoms with Crippen molar-refractivity contribution >= 4 is 0 Å². The molecule has 2 aromatic rings. The third-order valence-corrected chi connectivity index (χ3v) is 5.20. The SMILES string of the molecule is COc1ccc(CCC2CCN(Cc3ccc(C#N)cc3)CC2)cc1. The predicted molar refractivity (Wildman–Crippen MR) is 100 cm³/mol. The maximum atomic E-state index is 8.87. The van der Waals surface area contributed by atoms with Gasteiger partial charge in [-0.25, -0.2) is 0 Å². The lowest BCUT2D eigenvalue weighted by Gasteiger charge is -2.32. The van der Waals surface area contributed by atoms with Gasteiger partial charge in [-0.15, -0.1) is 0 Å². The van der Waals surface area contributed by atoms with E-state index in [9.17, 15) is 0 Å². The van der Waals surface area contributed by atoms with Gasteiger partial charge in [0, 0.05) is 6.54 Å². The first-order valence-corrected chi connectivity index (χ1v) is 9.11. The largest absolute Gasteiger partial charge is 0.497 e. The number of likely N-dealkylation sites (tertiary alicyclic amines) is 1. The van der Waals surface area contributed by atoms with Crippen LogP contribution in [0.4, 0.5) is 0 Å². The van der Waals surface area contributed by atoms with Gasteiger partial charge in [0.25, 0.3) is 0 Å². The van der Waals surface area contributed by atoms with Gasteiger partial charge < -0.3 is 4.74 Å². The van der Waals surface area contributed by atoms with Crippen LogP contribution >= 0.6 is 0 Å². The van der Waals surface area contributed by atoms with Crippen molar-refractivity contribution in [2.45, 2.75) is 32.2 Å². The first-order chi connectivity index (χ1) is 12.3. The normalized spacial score (nSPS) is 15.7. The number of hydrogen-bond donors (Lipinski definition) is 0. The minimum atomic E-state index is 0.737. The quantitative estimate of drug-likeness (QED) is 0.785.